The molecule has 0 aromatic carbocycles. The highest BCUT2D eigenvalue weighted by Crippen LogP contribution is 2.23. The van der Waals surface area contributed by atoms with E-state index in [0.717, 1.165) is 22.9 Å². The first-order chi connectivity index (χ1) is 12.3. The van der Waals surface area contributed by atoms with Gasteiger partial charge in [-0.1, -0.05) is 6.07 Å². The highest BCUT2D eigenvalue weighted by molar-refractivity contribution is 7.13. The molecule has 3 aromatic rings. The summed E-state index contributed by atoms with van der Waals surface area (Å²) < 4.78 is 0. The Morgan fingerprint density at radius 2 is 2.12 bits per heavy atom. The molecule has 1 amide bonds. The normalized spacial score (nSPS) is 14.6. The Hall–Kier alpha value is -2.84. The molecule has 7 nitrogen and oxygen atoms in total. The Bertz CT molecular complexity index is 865. The van der Waals surface area contributed by atoms with Crippen LogP contribution >= 0.6 is 11.3 Å². The molecular formula is C17H16N6OS. The van der Waals surface area contributed by atoms with Gasteiger partial charge in [0.1, 0.15) is 22.3 Å². The van der Waals surface area contributed by atoms with Crippen LogP contribution in [-0.2, 0) is 4.79 Å². The molecule has 126 valence electrons. The molecule has 0 spiro atoms. The van der Waals surface area contributed by atoms with Crippen molar-refractivity contribution in [3.63, 3.8) is 0 Å². The predicted octanol–water partition coefficient (Wildman–Crippen LogP) is 2.28. The number of amides is 1. The molecule has 1 aliphatic rings. The third-order valence-corrected chi connectivity index (χ3v) is 4.60. The van der Waals surface area contributed by atoms with Gasteiger partial charge in [-0.25, -0.2) is 15.0 Å². The number of piperazine rings is 1. The first-order valence-electron chi connectivity index (χ1n) is 7.91. The largest absolute Gasteiger partial charge is 0.325 e. The van der Waals surface area contributed by atoms with E-state index in [2.05, 4.69) is 25.6 Å². The molecular weight excluding hydrogens is 336 g/mol. The number of carbonyl (C=O) groups excluding carboxylic acids is 1. The molecule has 1 fully saturated rings. The van der Waals surface area contributed by atoms with Gasteiger partial charge in [0.25, 0.3) is 0 Å². The molecule has 1 saturated heterocycles. The average molecular weight is 352 g/mol. The lowest BCUT2D eigenvalue weighted by molar-refractivity contribution is -0.118. The lowest BCUT2D eigenvalue weighted by Gasteiger charge is -2.27. The van der Waals surface area contributed by atoms with Crippen LogP contribution in [0.4, 0.5) is 17.3 Å². The maximum atomic E-state index is 11.9. The smallest absolute Gasteiger partial charge is 0.241 e. The first-order valence-corrected chi connectivity index (χ1v) is 8.79. The van der Waals surface area contributed by atoms with Crippen LogP contribution in [-0.4, -0.2) is 40.5 Å². The Labute approximate surface area is 148 Å². The van der Waals surface area contributed by atoms with Crippen LogP contribution in [0.2, 0.25) is 0 Å². The first kappa shape index (κ1) is 15.7. The van der Waals surface area contributed by atoms with Gasteiger partial charge in [-0.05, 0) is 24.3 Å². The van der Waals surface area contributed by atoms with Crippen molar-refractivity contribution in [1.82, 2.24) is 20.3 Å². The Morgan fingerprint density at radius 1 is 1.16 bits per heavy atom. The molecule has 0 unspecified atom stereocenters. The zero-order chi connectivity index (χ0) is 17.1. The average Bonchev–Trinajstić information content (AvgIpc) is 3.18. The zero-order valence-electron chi connectivity index (χ0n) is 13.3. The molecule has 0 bridgehead atoms. The van der Waals surface area contributed by atoms with Crippen LogP contribution in [0.5, 0.6) is 0 Å². The number of hydrogen-bond donors (Lipinski definition) is 2. The fourth-order valence-corrected chi connectivity index (χ4v) is 3.21. The third kappa shape index (κ3) is 3.49. The molecule has 1 aliphatic heterocycles. The minimum Gasteiger partial charge on any atom is -0.325 e. The van der Waals surface area contributed by atoms with E-state index in [9.17, 15) is 4.79 Å². The fraction of sp³-hybridized carbons (Fsp3) is 0.176. The second-order valence-electron chi connectivity index (χ2n) is 5.49. The van der Waals surface area contributed by atoms with Crippen molar-refractivity contribution in [3.05, 3.63) is 48.1 Å². The number of aromatic nitrogens is 3. The number of rotatable bonds is 4. The summed E-state index contributed by atoms with van der Waals surface area (Å²) in [6.45, 7) is 1.82. The van der Waals surface area contributed by atoms with Crippen LogP contribution in [0.1, 0.15) is 0 Å². The van der Waals surface area contributed by atoms with Crippen molar-refractivity contribution in [2.45, 2.75) is 0 Å². The van der Waals surface area contributed by atoms with E-state index >= 15 is 0 Å². The van der Waals surface area contributed by atoms with Crippen molar-refractivity contribution in [1.29, 1.82) is 0 Å². The lowest BCUT2D eigenvalue weighted by Crippen LogP contribution is -2.48. The topological polar surface area (TPSA) is 83.0 Å². The van der Waals surface area contributed by atoms with Crippen molar-refractivity contribution < 1.29 is 4.79 Å². The maximum absolute atomic E-state index is 11.9. The van der Waals surface area contributed by atoms with E-state index in [1.165, 1.54) is 0 Å². The molecule has 3 aromatic heterocycles. The van der Waals surface area contributed by atoms with Crippen LogP contribution in [0, 0.1) is 0 Å². The summed E-state index contributed by atoms with van der Waals surface area (Å²) in [5.74, 6) is 1.44. The second kappa shape index (κ2) is 6.96. The molecule has 2 N–H and O–H groups in total. The van der Waals surface area contributed by atoms with Gasteiger partial charge in [0.15, 0.2) is 0 Å². The van der Waals surface area contributed by atoms with Crippen LogP contribution < -0.4 is 15.5 Å². The number of pyridine rings is 2. The van der Waals surface area contributed by atoms with Crippen molar-refractivity contribution in [2.24, 2.45) is 0 Å². The summed E-state index contributed by atoms with van der Waals surface area (Å²) in [5, 5.41) is 9.05. The molecule has 8 heteroatoms. The quantitative estimate of drug-likeness (QED) is 0.750. The minimum atomic E-state index is 0.0616. The summed E-state index contributed by atoms with van der Waals surface area (Å²) in [7, 11) is 0. The van der Waals surface area contributed by atoms with Gasteiger partial charge in [-0.3, -0.25) is 4.79 Å². The number of hydrogen-bond acceptors (Lipinski definition) is 7. The van der Waals surface area contributed by atoms with Gasteiger partial charge in [-0.2, -0.15) is 0 Å². The molecule has 25 heavy (non-hydrogen) atoms. The zero-order valence-corrected chi connectivity index (χ0v) is 14.2. The minimum absolute atomic E-state index is 0.0616. The van der Waals surface area contributed by atoms with Crippen LogP contribution in [0.15, 0.2) is 48.1 Å². The molecule has 0 aliphatic carbocycles. The van der Waals surface area contributed by atoms with E-state index in [1.54, 1.807) is 28.6 Å². The SMILES string of the molecule is O=C1CNCCN1c1ccc(Nc2cccc(-c3nccs3)n2)nc1. The van der Waals surface area contributed by atoms with Crippen molar-refractivity contribution in [2.75, 3.05) is 29.9 Å². The predicted molar refractivity (Wildman–Crippen MR) is 98.1 cm³/mol. The van der Waals surface area contributed by atoms with Crippen LogP contribution in [0.3, 0.4) is 0 Å². The van der Waals surface area contributed by atoms with Gasteiger partial charge in [0.05, 0.1) is 18.4 Å². The van der Waals surface area contributed by atoms with E-state index < -0.39 is 0 Å². The number of thiazole rings is 1. The monoisotopic (exact) mass is 352 g/mol. The van der Waals surface area contributed by atoms with E-state index in [4.69, 9.17) is 0 Å². The number of nitrogens with one attached hydrogen (secondary N) is 2. The standard InChI is InChI=1S/C17H16N6OS/c24-16-11-18-6-8-23(16)12-4-5-14(20-10-12)22-15-3-1-2-13(21-15)17-19-7-9-25-17/h1-5,7,9-10,18H,6,8,11H2,(H,20,21,22). The Balaban J connectivity index is 1.50. The summed E-state index contributed by atoms with van der Waals surface area (Å²) in [4.78, 5) is 26.9. The highest BCUT2D eigenvalue weighted by Gasteiger charge is 2.19. The van der Waals surface area contributed by atoms with Gasteiger partial charge < -0.3 is 15.5 Å². The number of nitrogens with zero attached hydrogens (tertiary/aromatic N) is 4. The van der Waals surface area contributed by atoms with E-state index in [1.807, 2.05) is 35.7 Å². The maximum Gasteiger partial charge on any atom is 0.241 e. The lowest BCUT2D eigenvalue weighted by atomic mass is 10.3. The Morgan fingerprint density at radius 3 is 2.88 bits per heavy atom. The molecule has 0 atom stereocenters. The molecule has 4 rings (SSSR count). The third-order valence-electron chi connectivity index (χ3n) is 3.81. The highest BCUT2D eigenvalue weighted by atomic mass is 32.1. The second-order valence-corrected chi connectivity index (χ2v) is 6.39. The fourth-order valence-electron chi connectivity index (χ4n) is 2.60. The van der Waals surface area contributed by atoms with Gasteiger partial charge in [0, 0.05) is 24.7 Å². The van der Waals surface area contributed by atoms with Crippen molar-refractivity contribution in [3.8, 4) is 10.7 Å². The summed E-state index contributed by atoms with van der Waals surface area (Å²) in [5.41, 5.74) is 1.63. The summed E-state index contributed by atoms with van der Waals surface area (Å²) in [6, 6.07) is 9.48. The van der Waals surface area contributed by atoms with Crippen LogP contribution in [0.25, 0.3) is 10.7 Å². The number of anilines is 3. The van der Waals surface area contributed by atoms with E-state index in [0.29, 0.717) is 24.7 Å². The van der Waals surface area contributed by atoms with Crippen molar-refractivity contribution >= 4 is 34.6 Å². The molecule has 0 saturated carbocycles. The summed E-state index contributed by atoms with van der Waals surface area (Å²) in [6.07, 6.45) is 3.47. The van der Waals surface area contributed by atoms with Gasteiger partial charge in [-0.15, -0.1) is 11.3 Å². The van der Waals surface area contributed by atoms with E-state index in [-0.39, 0.29) is 5.91 Å². The molecule has 0 radical (unpaired) electrons. The van der Waals surface area contributed by atoms with Gasteiger partial charge in [0.2, 0.25) is 5.91 Å². The van der Waals surface area contributed by atoms with Gasteiger partial charge >= 0.3 is 0 Å². The number of carbonyl (C=O) groups is 1. The summed E-state index contributed by atoms with van der Waals surface area (Å²) >= 11 is 1.55. The molecule has 4 heterocycles. The Kier molecular flexibility index (Phi) is 4.36.